The third-order valence-electron chi connectivity index (χ3n) is 2.77. The van der Waals surface area contributed by atoms with Gasteiger partial charge in [0.1, 0.15) is 5.76 Å². The highest BCUT2D eigenvalue weighted by Crippen LogP contribution is 2.26. The average Bonchev–Trinajstić information content (AvgIpc) is 3.19. The molecule has 22 heavy (non-hydrogen) atoms. The number of hydrazone groups is 1. The van der Waals surface area contributed by atoms with Gasteiger partial charge < -0.3 is 4.42 Å². The summed E-state index contributed by atoms with van der Waals surface area (Å²) < 4.78 is 5.12. The van der Waals surface area contributed by atoms with Gasteiger partial charge in [0.05, 0.1) is 23.1 Å². The monoisotopic (exact) mass is 314 g/mol. The third kappa shape index (κ3) is 3.18. The number of benzene rings is 1. The van der Waals surface area contributed by atoms with Crippen molar-refractivity contribution in [3.05, 3.63) is 63.9 Å². The van der Waals surface area contributed by atoms with Crippen LogP contribution in [0, 0.1) is 10.1 Å². The molecule has 0 saturated heterocycles. The molecule has 0 saturated carbocycles. The SMILES string of the molecule is O=[N+]([O-])c1ccc(-c2csc(N/N=C\c3ccco3)n2)cc1. The third-order valence-corrected chi connectivity index (χ3v) is 3.52. The fraction of sp³-hybridized carbons (Fsp3) is 0. The standard InChI is InChI=1S/C14H10N4O3S/c19-18(20)11-5-3-10(4-6-11)13-9-22-14(16-13)17-15-8-12-2-1-7-21-12/h1-9H,(H,16,17)/b15-8-. The van der Waals surface area contributed by atoms with Gasteiger partial charge in [0.25, 0.3) is 5.69 Å². The maximum atomic E-state index is 10.6. The number of nitrogens with zero attached hydrogens (tertiary/aromatic N) is 3. The van der Waals surface area contributed by atoms with E-state index < -0.39 is 4.92 Å². The van der Waals surface area contributed by atoms with Crippen LogP contribution in [0.4, 0.5) is 10.8 Å². The van der Waals surface area contributed by atoms with E-state index in [1.54, 1.807) is 36.7 Å². The molecule has 3 rings (SSSR count). The predicted molar refractivity (Wildman–Crippen MR) is 84.1 cm³/mol. The van der Waals surface area contributed by atoms with E-state index in [2.05, 4.69) is 15.5 Å². The molecule has 0 aliphatic rings. The normalized spacial score (nSPS) is 10.9. The Morgan fingerprint density at radius 1 is 1.32 bits per heavy atom. The number of furan rings is 1. The molecule has 1 aromatic carbocycles. The molecule has 0 spiro atoms. The van der Waals surface area contributed by atoms with Gasteiger partial charge in [-0.25, -0.2) is 4.98 Å². The van der Waals surface area contributed by atoms with E-state index in [1.807, 2.05) is 5.38 Å². The molecular formula is C14H10N4O3S. The van der Waals surface area contributed by atoms with Crippen molar-refractivity contribution in [1.29, 1.82) is 0 Å². The van der Waals surface area contributed by atoms with Crippen LogP contribution in [-0.4, -0.2) is 16.1 Å². The van der Waals surface area contributed by atoms with Gasteiger partial charge in [-0.2, -0.15) is 5.10 Å². The Bertz CT molecular complexity index is 794. The van der Waals surface area contributed by atoms with Crippen LogP contribution in [0.3, 0.4) is 0 Å². The molecule has 110 valence electrons. The Kier molecular flexibility index (Phi) is 3.92. The molecule has 2 heterocycles. The average molecular weight is 314 g/mol. The first-order chi connectivity index (χ1) is 10.7. The molecule has 8 heteroatoms. The number of rotatable bonds is 5. The molecule has 3 aromatic rings. The maximum Gasteiger partial charge on any atom is 0.269 e. The summed E-state index contributed by atoms with van der Waals surface area (Å²) in [5, 5.41) is 17.1. The summed E-state index contributed by atoms with van der Waals surface area (Å²) in [6, 6.07) is 9.81. The molecule has 0 unspecified atom stereocenters. The smallest absolute Gasteiger partial charge is 0.269 e. The van der Waals surface area contributed by atoms with E-state index in [0.717, 1.165) is 11.3 Å². The zero-order chi connectivity index (χ0) is 15.4. The minimum absolute atomic E-state index is 0.0559. The number of nitrogens with one attached hydrogen (secondary N) is 1. The van der Waals surface area contributed by atoms with Gasteiger partial charge in [-0.1, -0.05) is 0 Å². The van der Waals surface area contributed by atoms with E-state index >= 15 is 0 Å². The van der Waals surface area contributed by atoms with Crippen molar-refractivity contribution in [2.45, 2.75) is 0 Å². The second kappa shape index (κ2) is 6.19. The van der Waals surface area contributed by atoms with Crippen LogP contribution in [0.1, 0.15) is 5.76 Å². The van der Waals surface area contributed by atoms with Crippen molar-refractivity contribution in [2.75, 3.05) is 5.43 Å². The molecule has 0 fully saturated rings. The zero-order valence-electron chi connectivity index (χ0n) is 11.2. The number of nitro benzene ring substituents is 1. The second-order valence-corrected chi connectivity index (χ2v) is 5.09. The van der Waals surface area contributed by atoms with Crippen molar-refractivity contribution in [2.24, 2.45) is 5.10 Å². The minimum Gasteiger partial charge on any atom is -0.463 e. The van der Waals surface area contributed by atoms with Gasteiger partial charge in [0.2, 0.25) is 5.13 Å². The molecule has 0 atom stereocenters. The lowest BCUT2D eigenvalue weighted by molar-refractivity contribution is -0.384. The van der Waals surface area contributed by atoms with Gasteiger partial charge >= 0.3 is 0 Å². The van der Waals surface area contributed by atoms with Crippen molar-refractivity contribution in [3.8, 4) is 11.3 Å². The Morgan fingerprint density at radius 3 is 2.82 bits per heavy atom. The number of thiazole rings is 1. The van der Waals surface area contributed by atoms with Gasteiger partial charge in [0.15, 0.2) is 0 Å². The Morgan fingerprint density at radius 2 is 2.14 bits per heavy atom. The van der Waals surface area contributed by atoms with Gasteiger partial charge in [-0.05, 0) is 24.3 Å². The molecule has 7 nitrogen and oxygen atoms in total. The summed E-state index contributed by atoms with van der Waals surface area (Å²) in [7, 11) is 0. The predicted octanol–water partition coefficient (Wildman–Crippen LogP) is 3.76. The van der Waals surface area contributed by atoms with E-state index in [0.29, 0.717) is 10.9 Å². The van der Waals surface area contributed by atoms with Gasteiger partial charge in [0, 0.05) is 23.1 Å². The summed E-state index contributed by atoms with van der Waals surface area (Å²) in [6.45, 7) is 0. The van der Waals surface area contributed by atoms with Crippen LogP contribution < -0.4 is 5.43 Å². The Hall–Kier alpha value is -3.00. The van der Waals surface area contributed by atoms with Crippen LogP contribution in [0.2, 0.25) is 0 Å². The topological polar surface area (TPSA) is 93.6 Å². The summed E-state index contributed by atoms with van der Waals surface area (Å²) in [5.41, 5.74) is 4.41. The first-order valence-electron chi connectivity index (χ1n) is 6.25. The summed E-state index contributed by atoms with van der Waals surface area (Å²) >= 11 is 1.39. The van der Waals surface area contributed by atoms with Crippen molar-refractivity contribution >= 4 is 28.4 Å². The summed E-state index contributed by atoms with van der Waals surface area (Å²) in [5.74, 6) is 0.639. The Labute approximate surface area is 129 Å². The van der Waals surface area contributed by atoms with Gasteiger partial charge in [-0.15, -0.1) is 11.3 Å². The highest BCUT2D eigenvalue weighted by atomic mass is 32.1. The molecular weight excluding hydrogens is 304 g/mol. The number of hydrogen-bond donors (Lipinski definition) is 1. The molecule has 0 bridgehead atoms. The number of aromatic nitrogens is 1. The highest BCUT2D eigenvalue weighted by molar-refractivity contribution is 7.14. The lowest BCUT2D eigenvalue weighted by Crippen LogP contribution is -1.89. The highest BCUT2D eigenvalue weighted by Gasteiger charge is 2.07. The first kappa shape index (κ1) is 14.0. The van der Waals surface area contributed by atoms with Crippen LogP contribution in [0.15, 0.2) is 57.6 Å². The molecule has 0 amide bonds. The molecule has 0 aliphatic carbocycles. The maximum absolute atomic E-state index is 10.6. The van der Waals surface area contributed by atoms with Crippen molar-refractivity contribution < 1.29 is 9.34 Å². The van der Waals surface area contributed by atoms with Crippen LogP contribution in [0.5, 0.6) is 0 Å². The van der Waals surface area contributed by atoms with Crippen molar-refractivity contribution in [1.82, 2.24) is 4.98 Å². The Balaban J connectivity index is 1.69. The number of non-ortho nitro benzene ring substituents is 1. The molecule has 2 aromatic heterocycles. The largest absolute Gasteiger partial charge is 0.463 e. The quantitative estimate of drug-likeness (QED) is 0.439. The van der Waals surface area contributed by atoms with E-state index in [9.17, 15) is 10.1 Å². The molecule has 0 radical (unpaired) electrons. The van der Waals surface area contributed by atoms with Crippen LogP contribution in [-0.2, 0) is 0 Å². The van der Waals surface area contributed by atoms with Crippen LogP contribution in [0.25, 0.3) is 11.3 Å². The minimum atomic E-state index is -0.429. The molecule has 0 aliphatic heterocycles. The van der Waals surface area contributed by atoms with E-state index in [-0.39, 0.29) is 5.69 Å². The first-order valence-corrected chi connectivity index (χ1v) is 7.13. The van der Waals surface area contributed by atoms with Crippen molar-refractivity contribution in [3.63, 3.8) is 0 Å². The lowest BCUT2D eigenvalue weighted by atomic mass is 10.1. The summed E-state index contributed by atoms with van der Waals surface area (Å²) in [4.78, 5) is 14.6. The molecule has 1 N–H and O–H groups in total. The number of hydrogen-bond acceptors (Lipinski definition) is 7. The fourth-order valence-corrected chi connectivity index (χ4v) is 2.40. The lowest BCUT2D eigenvalue weighted by Gasteiger charge is -1.96. The second-order valence-electron chi connectivity index (χ2n) is 4.23. The summed E-state index contributed by atoms with van der Waals surface area (Å²) in [6.07, 6.45) is 3.12. The number of nitro groups is 1. The fourth-order valence-electron chi connectivity index (χ4n) is 1.73. The number of anilines is 1. The van der Waals surface area contributed by atoms with E-state index in [1.165, 1.54) is 23.5 Å². The van der Waals surface area contributed by atoms with Gasteiger partial charge in [-0.3, -0.25) is 15.5 Å². The van der Waals surface area contributed by atoms with Crippen LogP contribution >= 0.6 is 11.3 Å². The zero-order valence-corrected chi connectivity index (χ0v) is 12.0. The van der Waals surface area contributed by atoms with E-state index in [4.69, 9.17) is 4.42 Å².